The lowest BCUT2D eigenvalue weighted by Gasteiger charge is -2.45. The van der Waals surface area contributed by atoms with Gasteiger partial charge in [-0.15, -0.1) is 0 Å². The van der Waals surface area contributed by atoms with Crippen molar-refractivity contribution in [1.29, 1.82) is 0 Å². The maximum absolute atomic E-state index is 14.4. The molecule has 4 aromatic carbocycles. The van der Waals surface area contributed by atoms with E-state index in [-0.39, 0.29) is 47.4 Å². The van der Waals surface area contributed by atoms with E-state index in [1.54, 1.807) is 55.7 Å². The van der Waals surface area contributed by atoms with Gasteiger partial charge >= 0.3 is 7.60 Å². The molecule has 52 heavy (non-hydrogen) atoms. The standard InChI is InChI=1S/C39H39O12P/c1-3-19-46-32-21-25(2)22-33(34(32)30(40)16-14-26-15-17-31-27(23-26)18-20-47-31)49-38(43)36-35(41)37(42)39(44,24-48-36)52(45,50-28-10-6-4-7-11-28)51-29-12-8-5-9-13-29/h3-13,15,17-18,20-23,35-38,41-44H,1,14,16,19,24H2,2H3/t35-,36+,37+,38?,39-/m1/s1. The Bertz CT molecular complexity index is 2000. The normalized spacial score (nSPS) is 20.9. The van der Waals surface area contributed by atoms with Gasteiger partial charge in [-0.1, -0.05) is 55.1 Å². The molecule has 13 heteroatoms. The van der Waals surface area contributed by atoms with E-state index >= 15 is 0 Å². The molecule has 0 radical (unpaired) electrons. The highest BCUT2D eigenvalue weighted by atomic mass is 31.2. The first kappa shape index (κ1) is 36.8. The smallest absolute Gasteiger partial charge is 0.467 e. The van der Waals surface area contributed by atoms with Crippen LogP contribution in [0.4, 0.5) is 0 Å². The molecule has 1 saturated heterocycles. The summed E-state index contributed by atoms with van der Waals surface area (Å²) in [7, 11) is -4.83. The number of ketones is 1. The number of carbonyl (C=O) groups is 1. The average Bonchev–Trinajstić information content (AvgIpc) is 3.61. The second-order valence-electron chi connectivity index (χ2n) is 12.4. The van der Waals surface area contributed by atoms with Crippen LogP contribution >= 0.6 is 7.60 Å². The first-order chi connectivity index (χ1) is 25.0. The van der Waals surface area contributed by atoms with E-state index in [0.717, 1.165) is 16.5 Å². The number of rotatable bonds is 15. The van der Waals surface area contributed by atoms with Crippen LogP contribution in [-0.2, 0) is 15.7 Å². The number of carbonyl (C=O) groups excluding carboxylic acids is 1. The van der Waals surface area contributed by atoms with Crippen LogP contribution in [0.5, 0.6) is 23.0 Å². The first-order valence-electron chi connectivity index (χ1n) is 16.5. The third kappa shape index (κ3) is 7.78. The average molecular weight is 731 g/mol. The Balaban J connectivity index is 1.24. The molecule has 0 bridgehead atoms. The highest BCUT2D eigenvalue weighted by molar-refractivity contribution is 7.56. The molecule has 1 aromatic heterocycles. The molecule has 1 aliphatic rings. The highest BCUT2D eigenvalue weighted by Gasteiger charge is 2.64. The molecule has 6 rings (SSSR count). The van der Waals surface area contributed by atoms with Crippen LogP contribution in [0.1, 0.15) is 27.9 Å². The lowest BCUT2D eigenvalue weighted by atomic mass is 9.98. The number of fused-ring (bicyclic) bond motifs is 1. The number of aryl methyl sites for hydroxylation is 2. The van der Waals surface area contributed by atoms with E-state index in [2.05, 4.69) is 6.58 Å². The third-order valence-electron chi connectivity index (χ3n) is 8.57. The molecular weight excluding hydrogens is 691 g/mol. The largest absolute Gasteiger partial charge is 0.489 e. The molecule has 5 aromatic rings. The Hall–Kier alpha value is -4.94. The van der Waals surface area contributed by atoms with Crippen LogP contribution in [0.3, 0.4) is 0 Å². The molecule has 1 aliphatic heterocycles. The van der Waals surface area contributed by atoms with Crippen molar-refractivity contribution in [3.8, 4) is 23.0 Å². The maximum atomic E-state index is 14.4. The number of benzene rings is 4. The minimum absolute atomic E-state index is 0.0373. The van der Waals surface area contributed by atoms with Gasteiger partial charge in [0.25, 0.3) is 0 Å². The molecule has 2 heterocycles. The SMILES string of the molecule is C=CCOc1cc(C)cc(OC(O)[C@H]2OC[C@@](O)(P(=O)(Oc3ccccc3)Oc3ccccc3)[C@@H](O)[C@@H]2O)c1C(=O)CCc1ccc2occc2c1. The van der Waals surface area contributed by atoms with Crippen molar-refractivity contribution in [2.24, 2.45) is 0 Å². The molecule has 1 unspecified atom stereocenters. The third-order valence-corrected chi connectivity index (χ3v) is 10.8. The van der Waals surface area contributed by atoms with Gasteiger partial charge in [0.1, 0.15) is 59.1 Å². The summed E-state index contributed by atoms with van der Waals surface area (Å²) >= 11 is 0. The highest BCUT2D eigenvalue weighted by Crippen LogP contribution is 2.61. The fraction of sp³-hybridized carbons (Fsp3) is 0.256. The van der Waals surface area contributed by atoms with Crippen LogP contribution in [0, 0.1) is 6.92 Å². The van der Waals surface area contributed by atoms with Crippen LogP contribution < -0.4 is 18.5 Å². The minimum Gasteiger partial charge on any atom is -0.489 e. The zero-order valence-electron chi connectivity index (χ0n) is 28.2. The Labute approximate surface area is 299 Å². The van der Waals surface area contributed by atoms with E-state index in [9.17, 15) is 29.8 Å². The van der Waals surface area contributed by atoms with Crippen molar-refractivity contribution < 1.29 is 57.5 Å². The molecule has 0 aliphatic carbocycles. The number of para-hydroxylation sites is 2. The van der Waals surface area contributed by atoms with E-state index in [0.29, 0.717) is 12.0 Å². The van der Waals surface area contributed by atoms with Gasteiger partial charge < -0.3 is 48.1 Å². The summed E-state index contributed by atoms with van der Waals surface area (Å²) in [5.74, 6) is -0.136. The number of aliphatic hydroxyl groups excluding tert-OH is 3. The first-order valence-corrected chi connectivity index (χ1v) is 18.1. The van der Waals surface area contributed by atoms with Crippen LogP contribution in [0.2, 0.25) is 0 Å². The Kier molecular flexibility index (Phi) is 11.2. The zero-order chi connectivity index (χ0) is 36.9. The molecule has 12 nitrogen and oxygen atoms in total. The van der Waals surface area contributed by atoms with Crippen LogP contribution in [-0.4, -0.2) is 69.4 Å². The minimum atomic E-state index is -4.83. The van der Waals surface area contributed by atoms with Gasteiger partial charge in [-0.25, -0.2) is 4.57 Å². The quantitative estimate of drug-likeness (QED) is 0.0430. The predicted molar refractivity (Wildman–Crippen MR) is 191 cm³/mol. The summed E-state index contributed by atoms with van der Waals surface area (Å²) < 4.78 is 48.7. The monoisotopic (exact) mass is 730 g/mol. The summed E-state index contributed by atoms with van der Waals surface area (Å²) in [5.41, 5.74) is 2.29. The Morgan fingerprint density at radius 2 is 1.63 bits per heavy atom. The van der Waals surface area contributed by atoms with Crippen molar-refractivity contribution in [1.82, 2.24) is 0 Å². The van der Waals surface area contributed by atoms with Gasteiger partial charge in [0, 0.05) is 11.8 Å². The van der Waals surface area contributed by atoms with E-state index < -0.39 is 44.1 Å². The van der Waals surface area contributed by atoms with Crippen molar-refractivity contribution in [3.63, 3.8) is 0 Å². The van der Waals surface area contributed by atoms with Gasteiger partial charge in [0.2, 0.25) is 11.6 Å². The van der Waals surface area contributed by atoms with Crippen molar-refractivity contribution >= 4 is 24.3 Å². The van der Waals surface area contributed by atoms with Crippen molar-refractivity contribution in [3.05, 3.63) is 133 Å². The molecule has 0 amide bonds. The van der Waals surface area contributed by atoms with Gasteiger partial charge in [0.15, 0.2) is 5.78 Å². The number of furan rings is 1. The lowest BCUT2D eigenvalue weighted by Crippen LogP contribution is -2.64. The summed E-state index contributed by atoms with van der Waals surface area (Å²) in [6, 6.07) is 26.4. The van der Waals surface area contributed by atoms with Crippen molar-refractivity contribution in [2.45, 2.75) is 49.7 Å². The molecule has 0 saturated carbocycles. The maximum Gasteiger partial charge on any atom is 0.467 e. The number of ether oxygens (including phenoxy) is 3. The van der Waals surface area contributed by atoms with E-state index in [4.69, 9.17) is 27.7 Å². The van der Waals surface area contributed by atoms with Gasteiger partial charge in [0.05, 0.1) is 12.9 Å². The van der Waals surface area contributed by atoms with Crippen molar-refractivity contribution in [2.75, 3.05) is 13.2 Å². The predicted octanol–water partition coefficient (Wildman–Crippen LogP) is 5.98. The molecule has 4 N–H and O–H groups in total. The summed E-state index contributed by atoms with van der Waals surface area (Å²) in [6.07, 6.45) is -4.48. The van der Waals surface area contributed by atoms with Gasteiger partial charge in [-0.05, 0) is 79.1 Å². The molecule has 0 spiro atoms. The number of aliphatic hydroxyl groups is 4. The van der Waals surface area contributed by atoms with Crippen LogP contribution in [0.15, 0.2) is 120 Å². The molecule has 272 valence electrons. The second kappa shape index (κ2) is 15.7. The Morgan fingerprint density at radius 1 is 0.981 bits per heavy atom. The molecular formula is C39H39O12P. The number of Topliss-reactive ketones (excluding diaryl/α,β-unsaturated/α-hetero) is 1. The fourth-order valence-corrected chi connectivity index (χ4v) is 7.73. The van der Waals surface area contributed by atoms with Gasteiger partial charge in [-0.2, -0.15) is 0 Å². The summed E-state index contributed by atoms with van der Waals surface area (Å²) in [5, 5.41) is 43.8. The molecule has 5 atom stereocenters. The topological polar surface area (TPSA) is 174 Å². The number of hydrogen-bond acceptors (Lipinski definition) is 12. The summed E-state index contributed by atoms with van der Waals surface area (Å²) in [6.45, 7) is 4.58. The van der Waals surface area contributed by atoms with E-state index in [1.807, 2.05) is 24.3 Å². The second-order valence-corrected chi connectivity index (χ2v) is 14.5. The lowest BCUT2D eigenvalue weighted by molar-refractivity contribution is -0.254. The summed E-state index contributed by atoms with van der Waals surface area (Å²) in [4.78, 5) is 13.8. The van der Waals surface area contributed by atoms with E-state index in [1.165, 1.54) is 36.4 Å². The fourth-order valence-electron chi connectivity index (χ4n) is 5.87. The zero-order valence-corrected chi connectivity index (χ0v) is 29.1. The molecule has 1 fully saturated rings. The number of hydrogen-bond donors (Lipinski definition) is 4. The Morgan fingerprint density at radius 3 is 2.29 bits per heavy atom. The van der Waals surface area contributed by atoms with Crippen LogP contribution in [0.25, 0.3) is 11.0 Å². The van der Waals surface area contributed by atoms with Gasteiger partial charge in [-0.3, -0.25) is 4.79 Å².